The van der Waals surface area contributed by atoms with Crippen molar-refractivity contribution in [2.45, 2.75) is 6.92 Å². The van der Waals surface area contributed by atoms with Gasteiger partial charge in [-0.15, -0.1) is 0 Å². The van der Waals surface area contributed by atoms with Gasteiger partial charge in [-0.25, -0.2) is 4.79 Å². The van der Waals surface area contributed by atoms with Crippen molar-refractivity contribution >= 4 is 23.7 Å². The van der Waals surface area contributed by atoms with E-state index >= 15 is 0 Å². The molecule has 0 saturated carbocycles. The minimum Gasteiger partial charge on any atom is -0.500 e. The van der Waals surface area contributed by atoms with Crippen LogP contribution in [-0.4, -0.2) is 18.2 Å². The maximum atomic E-state index is 11.6. The molecule has 0 unspecified atom stereocenters. The van der Waals surface area contributed by atoms with Gasteiger partial charge in [0.25, 0.3) is 0 Å². The first kappa shape index (κ1) is 15.6. The van der Waals surface area contributed by atoms with E-state index in [9.17, 15) is 9.90 Å². The number of aliphatic carboxylic acids is 1. The van der Waals surface area contributed by atoms with Crippen molar-refractivity contribution in [2.24, 2.45) is 0 Å². The summed E-state index contributed by atoms with van der Waals surface area (Å²) in [6.07, 6.45) is 3.87. The van der Waals surface area contributed by atoms with Crippen molar-refractivity contribution in [3.63, 3.8) is 0 Å². The van der Waals surface area contributed by atoms with Gasteiger partial charge in [0.15, 0.2) is 0 Å². The molecule has 0 aliphatic heterocycles. The lowest BCUT2D eigenvalue weighted by Gasteiger charge is -2.10. The van der Waals surface area contributed by atoms with Gasteiger partial charge < -0.3 is 9.84 Å². The zero-order chi connectivity index (χ0) is 15.9. The van der Waals surface area contributed by atoms with Crippen LogP contribution in [0.5, 0.6) is 0 Å². The minimum absolute atomic E-state index is 0.177. The second-order valence-corrected chi connectivity index (χ2v) is 4.77. The molecule has 2 aromatic carbocycles. The van der Waals surface area contributed by atoms with E-state index in [0.29, 0.717) is 11.3 Å². The van der Waals surface area contributed by atoms with E-state index in [4.69, 9.17) is 4.74 Å². The number of ether oxygens (including phenoxy) is 1. The van der Waals surface area contributed by atoms with Crippen molar-refractivity contribution in [1.82, 2.24) is 0 Å². The zero-order valence-electron chi connectivity index (χ0n) is 12.6. The summed E-state index contributed by atoms with van der Waals surface area (Å²) in [5, 5.41) is 9.48. The molecule has 0 amide bonds. The largest absolute Gasteiger partial charge is 0.500 e. The predicted octanol–water partition coefficient (Wildman–Crippen LogP) is 4.32. The van der Waals surface area contributed by atoms with Gasteiger partial charge in [0.2, 0.25) is 0 Å². The number of hydrogen-bond donors (Lipinski definition) is 1. The van der Waals surface area contributed by atoms with Crippen LogP contribution in [0.15, 0.2) is 60.4 Å². The Balaban J connectivity index is 2.47. The molecule has 0 saturated heterocycles. The number of rotatable bonds is 5. The Hall–Kier alpha value is -2.81. The molecule has 0 spiro atoms. The molecule has 0 aliphatic carbocycles. The molecule has 0 bridgehead atoms. The van der Waals surface area contributed by atoms with Crippen LogP contribution in [0.1, 0.15) is 23.6 Å². The van der Waals surface area contributed by atoms with E-state index in [1.54, 1.807) is 13.0 Å². The standard InChI is InChI=1S/C19H18O3/c1-14(22-2)18(19(20)21)17-11-7-6-10-16(17)13-12-15-8-4-3-5-9-15/h3-13H,1-2H3,(H,20,21)/b13-12?,18-14+. The molecule has 22 heavy (non-hydrogen) atoms. The maximum Gasteiger partial charge on any atom is 0.339 e. The van der Waals surface area contributed by atoms with Crippen molar-refractivity contribution in [2.75, 3.05) is 7.11 Å². The summed E-state index contributed by atoms with van der Waals surface area (Å²) >= 11 is 0. The zero-order valence-corrected chi connectivity index (χ0v) is 12.6. The number of allylic oxidation sites excluding steroid dienone is 1. The first-order valence-corrected chi connectivity index (χ1v) is 6.94. The number of methoxy groups -OCH3 is 1. The summed E-state index contributed by atoms with van der Waals surface area (Å²) in [4.78, 5) is 11.6. The van der Waals surface area contributed by atoms with E-state index in [-0.39, 0.29) is 5.57 Å². The summed E-state index contributed by atoms with van der Waals surface area (Å²) in [5.41, 5.74) is 2.71. The van der Waals surface area contributed by atoms with Gasteiger partial charge >= 0.3 is 5.97 Å². The van der Waals surface area contributed by atoms with Gasteiger partial charge in [-0.1, -0.05) is 66.7 Å². The van der Waals surface area contributed by atoms with E-state index in [1.807, 2.05) is 60.7 Å². The second kappa shape index (κ2) is 7.27. The summed E-state index contributed by atoms with van der Waals surface area (Å²) in [7, 11) is 1.47. The molecule has 0 heterocycles. The Kier molecular flexibility index (Phi) is 5.15. The fourth-order valence-electron chi connectivity index (χ4n) is 2.18. The molecular weight excluding hydrogens is 276 g/mol. The number of carboxylic acid groups (broad SMARTS) is 1. The highest BCUT2D eigenvalue weighted by Gasteiger charge is 2.17. The van der Waals surface area contributed by atoms with Crippen molar-refractivity contribution in [1.29, 1.82) is 0 Å². The highest BCUT2D eigenvalue weighted by molar-refractivity contribution is 6.17. The van der Waals surface area contributed by atoms with Crippen molar-refractivity contribution in [3.8, 4) is 0 Å². The third-order valence-corrected chi connectivity index (χ3v) is 3.36. The quantitative estimate of drug-likeness (QED) is 0.507. The van der Waals surface area contributed by atoms with E-state index in [1.165, 1.54) is 7.11 Å². The van der Waals surface area contributed by atoms with Crippen LogP contribution in [0.25, 0.3) is 17.7 Å². The van der Waals surface area contributed by atoms with E-state index < -0.39 is 5.97 Å². The highest BCUT2D eigenvalue weighted by atomic mass is 16.5. The van der Waals surface area contributed by atoms with Gasteiger partial charge in [-0.3, -0.25) is 0 Å². The molecule has 3 heteroatoms. The number of carboxylic acids is 1. The van der Waals surface area contributed by atoms with Crippen LogP contribution in [0, 0.1) is 0 Å². The van der Waals surface area contributed by atoms with Crippen LogP contribution >= 0.6 is 0 Å². The number of hydrogen-bond acceptors (Lipinski definition) is 2. The monoisotopic (exact) mass is 294 g/mol. The Morgan fingerprint density at radius 2 is 1.64 bits per heavy atom. The fourth-order valence-corrected chi connectivity index (χ4v) is 2.18. The second-order valence-electron chi connectivity index (χ2n) is 4.77. The van der Waals surface area contributed by atoms with E-state index in [0.717, 1.165) is 11.1 Å². The smallest absolute Gasteiger partial charge is 0.339 e. The van der Waals surface area contributed by atoms with Gasteiger partial charge in [0, 0.05) is 0 Å². The molecule has 0 aromatic heterocycles. The third kappa shape index (κ3) is 3.64. The number of carbonyl (C=O) groups is 1. The fraction of sp³-hybridized carbons (Fsp3) is 0.105. The van der Waals surface area contributed by atoms with Gasteiger partial charge in [-0.2, -0.15) is 0 Å². The number of benzene rings is 2. The maximum absolute atomic E-state index is 11.6. The van der Waals surface area contributed by atoms with Crippen LogP contribution in [0.4, 0.5) is 0 Å². The van der Waals surface area contributed by atoms with Gasteiger partial charge in [0.1, 0.15) is 11.3 Å². The van der Waals surface area contributed by atoms with Crippen molar-refractivity contribution in [3.05, 3.63) is 77.0 Å². The molecular formula is C19H18O3. The Labute approximate surface area is 130 Å². The Bertz CT molecular complexity index is 712. The lowest BCUT2D eigenvalue weighted by molar-refractivity contribution is -0.130. The lowest BCUT2D eigenvalue weighted by Crippen LogP contribution is -2.05. The Morgan fingerprint density at radius 1 is 1.00 bits per heavy atom. The lowest BCUT2D eigenvalue weighted by atomic mass is 9.98. The Morgan fingerprint density at radius 3 is 2.27 bits per heavy atom. The molecule has 2 aromatic rings. The molecule has 0 radical (unpaired) electrons. The third-order valence-electron chi connectivity index (χ3n) is 3.36. The van der Waals surface area contributed by atoms with Crippen LogP contribution in [-0.2, 0) is 9.53 Å². The molecule has 3 nitrogen and oxygen atoms in total. The first-order chi connectivity index (χ1) is 10.6. The van der Waals surface area contributed by atoms with E-state index in [2.05, 4.69) is 0 Å². The summed E-state index contributed by atoms with van der Waals surface area (Å²) in [5.74, 6) is -0.618. The topological polar surface area (TPSA) is 46.5 Å². The molecule has 112 valence electrons. The SMILES string of the molecule is CO/C(C)=C(/C(=O)O)c1ccccc1C=Cc1ccccc1. The van der Waals surface area contributed by atoms with Gasteiger partial charge in [-0.05, 0) is 23.6 Å². The molecule has 2 rings (SSSR count). The summed E-state index contributed by atoms with van der Waals surface area (Å²) in [6.45, 7) is 1.65. The highest BCUT2D eigenvalue weighted by Crippen LogP contribution is 2.25. The van der Waals surface area contributed by atoms with Gasteiger partial charge in [0.05, 0.1) is 7.11 Å². The minimum atomic E-state index is -1.00. The van der Waals surface area contributed by atoms with Crippen LogP contribution in [0.2, 0.25) is 0 Å². The predicted molar refractivity (Wildman–Crippen MR) is 89.1 cm³/mol. The molecule has 0 atom stereocenters. The molecule has 1 N–H and O–H groups in total. The average molecular weight is 294 g/mol. The average Bonchev–Trinajstić information content (AvgIpc) is 2.54. The van der Waals surface area contributed by atoms with Crippen LogP contribution in [0.3, 0.4) is 0 Å². The molecule has 0 aliphatic rings. The first-order valence-electron chi connectivity index (χ1n) is 6.94. The molecule has 0 fully saturated rings. The van der Waals surface area contributed by atoms with Crippen LogP contribution < -0.4 is 0 Å². The normalized spacial score (nSPS) is 12.1. The summed E-state index contributed by atoms with van der Waals surface area (Å²) < 4.78 is 5.12. The summed E-state index contributed by atoms with van der Waals surface area (Å²) in [6, 6.07) is 17.3. The van der Waals surface area contributed by atoms with Crippen molar-refractivity contribution < 1.29 is 14.6 Å².